The van der Waals surface area contributed by atoms with Crippen LogP contribution in [-0.4, -0.2) is 34.2 Å². The summed E-state index contributed by atoms with van der Waals surface area (Å²) in [5.74, 6) is 0.522. The smallest absolute Gasteiger partial charge is 0.242 e. The van der Waals surface area contributed by atoms with E-state index in [9.17, 15) is 9.59 Å². The Balaban J connectivity index is 2.14. The fourth-order valence-corrected chi connectivity index (χ4v) is 2.53. The van der Waals surface area contributed by atoms with E-state index in [1.165, 1.54) is 6.92 Å². The molecule has 0 fully saturated rings. The van der Waals surface area contributed by atoms with Gasteiger partial charge in [-0.25, -0.2) is 0 Å². The molecule has 0 bridgehead atoms. The summed E-state index contributed by atoms with van der Waals surface area (Å²) in [6.45, 7) is 6.22. The fourth-order valence-electron chi connectivity index (χ4n) is 2.53. The largest absolute Gasteiger partial charge is 0.467 e. The molecule has 0 N–H and O–H groups in total. The van der Waals surface area contributed by atoms with Crippen LogP contribution in [0, 0.1) is 0 Å². The zero-order valence-corrected chi connectivity index (χ0v) is 14.4. The highest BCUT2D eigenvalue weighted by Crippen LogP contribution is 2.12. The maximum Gasteiger partial charge on any atom is 0.242 e. The molecule has 1 aromatic carbocycles. The van der Waals surface area contributed by atoms with Crippen molar-refractivity contribution < 1.29 is 14.0 Å². The Morgan fingerprint density at radius 3 is 2.29 bits per heavy atom. The molecule has 0 aliphatic heterocycles. The van der Waals surface area contributed by atoms with Crippen molar-refractivity contribution in [2.24, 2.45) is 0 Å². The van der Waals surface area contributed by atoms with E-state index in [4.69, 9.17) is 4.42 Å². The first kappa shape index (κ1) is 17.8. The lowest BCUT2D eigenvalue weighted by Crippen LogP contribution is -2.44. The quantitative estimate of drug-likeness (QED) is 0.785. The van der Waals surface area contributed by atoms with Crippen molar-refractivity contribution >= 4 is 11.8 Å². The zero-order chi connectivity index (χ0) is 17.5. The second kappa shape index (κ2) is 8.34. The zero-order valence-electron chi connectivity index (χ0n) is 14.4. The maximum atomic E-state index is 12.8. The van der Waals surface area contributed by atoms with E-state index in [0.29, 0.717) is 13.1 Å². The highest BCUT2D eigenvalue weighted by Gasteiger charge is 2.22. The molecule has 5 nitrogen and oxygen atoms in total. The van der Waals surface area contributed by atoms with Gasteiger partial charge in [-0.1, -0.05) is 30.3 Å². The standard InChI is InChI=1S/C19H24N2O3/c1-15(2)21(16(3)22)14-19(23)20(13-18-10-7-11-24-18)12-17-8-5-4-6-9-17/h4-11,15H,12-14H2,1-3H3. The number of rotatable bonds is 7. The van der Waals surface area contributed by atoms with Gasteiger partial charge in [0.1, 0.15) is 5.76 Å². The lowest BCUT2D eigenvalue weighted by atomic mass is 10.2. The van der Waals surface area contributed by atoms with E-state index < -0.39 is 0 Å². The summed E-state index contributed by atoms with van der Waals surface area (Å²) in [7, 11) is 0. The summed E-state index contributed by atoms with van der Waals surface area (Å²) in [6, 6.07) is 13.4. The molecule has 128 valence electrons. The van der Waals surface area contributed by atoms with Crippen molar-refractivity contribution in [2.75, 3.05) is 6.54 Å². The number of hydrogen-bond acceptors (Lipinski definition) is 3. The molecule has 0 unspecified atom stereocenters. The third-order valence-corrected chi connectivity index (χ3v) is 3.83. The summed E-state index contributed by atoms with van der Waals surface area (Å²) in [6.07, 6.45) is 1.59. The van der Waals surface area contributed by atoms with Gasteiger partial charge in [-0.15, -0.1) is 0 Å². The Kier molecular flexibility index (Phi) is 6.18. The minimum Gasteiger partial charge on any atom is -0.467 e. The third-order valence-electron chi connectivity index (χ3n) is 3.83. The van der Waals surface area contributed by atoms with Crippen LogP contribution in [0.5, 0.6) is 0 Å². The van der Waals surface area contributed by atoms with Crippen molar-refractivity contribution in [3.8, 4) is 0 Å². The van der Waals surface area contributed by atoms with Crippen LogP contribution in [0.15, 0.2) is 53.1 Å². The fraction of sp³-hybridized carbons (Fsp3) is 0.368. The molecule has 24 heavy (non-hydrogen) atoms. The molecule has 0 radical (unpaired) electrons. The average Bonchev–Trinajstić information content (AvgIpc) is 3.05. The van der Waals surface area contributed by atoms with E-state index in [2.05, 4.69) is 0 Å². The van der Waals surface area contributed by atoms with Gasteiger partial charge in [0.05, 0.1) is 19.4 Å². The minimum atomic E-state index is -0.101. The van der Waals surface area contributed by atoms with E-state index in [1.54, 1.807) is 22.1 Å². The molecular formula is C19H24N2O3. The molecule has 0 saturated carbocycles. The van der Waals surface area contributed by atoms with Gasteiger partial charge in [0.2, 0.25) is 11.8 Å². The van der Waals surface area contributed by atoms with Crippen LogP contribution in [0.3, 0.4) is 0 Å². The summed E-state index contributed by atoms with van der Waals surface area (Å²) in [4.78, 5) is 27.8. The van der Waals surface area contributed by atoms with Crippen LogP contribution in [-0.2, 0) is 22.7 Å². The molecule has 0 aliphatic rings. The van der Waals surface area contributed by atoms with Gasteiger partial charge in [-0.3, -0.25) is 9.59 Å². The van der Waals surface area contributed by atoms with Crippen molar-refractivity contribution in [2.45, 2.75) is 39.9 Å². The summed E-state index contributed by atoms with van der Waals surface area (Å²) >= 11 is 0. The first-order valence-electron chi connectivity index (χ1n) is 8.08. The van der Waals surface area contributed by atoms with Gasteiger partial charge >= 0.3 is 0 Å². The van der Waals surface area contributed by atoms with Gasteiger partial charge < -0.3 is 14.2 Å². The number of hydrogen-bond donors (Lipinski definition) is 0. The van der Waals surface area contributed by atoms with Gasteiger partial charge in [-0.05, 0) is 31.5 Å². The van der Waals surface area contributed by atoms with Crippen molar-refractivity contribution in [3.05, 3.63) is 60.1 Å². The van der Waals surface area contributed by atoms with Crippen molar-refractivity contribution in [1.29, 1.82) is 0 Å². The van der Waals surface area contributed by atoms with E-state index in [1.807, 2.05) is 50.2 Å². The first-order chi connectivity index (χ1) is 11.5. The normalized spacial score (nSPS) is 10.7. The highest BCUT2D eigenvalue weighted by molar-refractivity contribution is 5.84. The predicted molar refractivity (Wildman–Crippen MR) is 91.9 cm³/mol. The molecule has 5 heteroatoms. The number of furan rings is 1. The van der Waals surface area contributed by atoms with Gasteiger partial charge in [-0.2, -0.15) is 0 Å². The van der Waals surface area contributed by atoms with E-state index in [-0.39, 0.29) is 24.4 Å². The molecule has 2 aromatic rings. The Hall–Kier alpha value is -2.56. The first-order valence-corrected chi connectivity index (χ1v) is 8.08. The average molecular weight is 328 g/mol. The van der Waals surface area contributed by atoms with Gasteiger partial charge in [0.15, 0.2) is 0 Å². The Labute approximate surface area is 142 Å². The Morgan fingerprint density at radius 2 is 1.75 bits per heavy atom. The second-order valence-electron chi connectivity index (χ2n) is 6.06. The summed E-state index contributed by atoms with van der Waals surface area (Å²) < 4.78 is 5.38. The lowest BCUT2D eigenvalue weighted by molar-refractivity contribution is -0.141. The van der Waals surface area contributed by atoms with Crippen molar-refractivity contribution in [3.63, 3.8) is 0 Å². The monoisotopic (exact) mass is 328 g/mol. The van der Waals surface area contributed by atoms with Gasteiger partial charge in [0, 0.05) is 19.5 Å². The number of carbonyl (C=O) groups is 2. The number of amides is 2. The van der Waals surface area contributed by atoms with Crippen LogP contribution in [0.2, 0.25) is 0 Å². The summed E-state index contributed by atoms with van der Waals surface area (Å²) in [5.41, 5.74) is 1.04. The molecule has 0 spiro atoms. The number of nitrogens with zero attached hydrogens (tertiary/aromatic N) is 2. The maximum absolute atomic E-state index is 12.8. The van der Waals surface area contributed by atoms with E-state index in [0.717, 1.165) is 11.3 Å². The molecule has 0 aliphatic carbocycles. The molecule has 1 aromatic heterocycles. The van der Waals surface area contributed by atoms with E-state index >= 15 is 0 Å². The number of carbonyl (C=O) groups excluding carboxylic acids is 2. The SMILES string of the molecule is CC(=O)N(CC(=O)N(Cc1ccccc1)Cc1ccco1)C(C)C. The molecule has 2 amide bonds. The summed E-state index contributed by atoms with van der Waals surface area (Å²) in [5, 5.41) is 0. The molecule has 2 rings (SSSR count). The third kappa shape index (κ3) is 4.98. The number of benzene rings is 1. The van der Waals surface area contributed by atoms with Crippen LogP contribution >= 0.6 is 0 Å². The topological polar surface area (TPSA) is 53.8 Å². The second-order valence-corrected chi connectivity index (χ2v) is 6.06. The Morgan fingerprint density at radius 1 is 1.04 bits per heavy atom. The van der Waals surface area contributed by atoms with Gasteiger partial charge in [0.25, 0.3) is 0 Å². The van der Waals surface area contributed by atoms with Crippen molar-refractivity contribution in [1.82, 2.24) is 9.80 Å². The van der Waals surface area contributed by atoms with Crippen LogP contribution < -0.4 is 0 Å². The molecule has 1 heterocycles. The minimum absolute atomic E-state index is 0.0198. The molecular weight excluding hydrogens is 304 g/mol. The highest BCUT2D eigenvalue weighted by atomic mass is 16.3. The molecule has 0 saturated heterocycles. The predicted octanol–water partition coefficient (Wildman–Crippen LogP) is 3.07. The molecule has 0 atom stereocenters. The van der Waals surface area contributed by atoms with Crippen LogP contribution in [0.25, 0.3) is 0 Å². The Bertz CT molecular complexity index is 651. The van der Waals surface area contributed by atoms with Crippen LogP contribution in [0.4, 0.5) is 0 Å². The van der Waals surface area contributed by atoms with Crippen LogP contribution in [0.1, 0.15) is 32.1 Å². The lowest BCUT2D eigenvalue weighted by Gasteiger charge is -2.29.